The summed E-state index contributed by atoms with van der Waals surface area (Å²) in [5, 5.41) is 3.22. The monoisotopic (exact) mass is 393 g/mol. The zero-order valence-corrected chi connectivity index (χ0v) is 12.9. The summed E-state index contributed by atoms with van der Waals surface area (Å²) in [5.74, 6) is 0.991. The highest BCUT2D eigenvalue weighted by Crippen LogP contribution is 2.26. The molecule has 0 spiro atoms. The molecule has 0 radical (unpaired) electrons. The standard InChI is InChI=1S/C14H14F2INO2/c1-9(18-8-10-6-7-13(17)19-10)11-4-2-3-5-12(11)20-14(15)16/h2-7,9,14,18H,8H2,1H3. The molecule has 1 aromatic carbocycles. The summed E-state index contributed by atoms with van der Waals surface area (Å²) >= 11 is 2.09. The summed E-state index contributed by atoms with van der Waals surface area (Å²) in [7, 11) is 0. The summed E-state index contributed by atoms with van der Waals surface area (Å²) in [6.45, 7) is -0.413. The summed E-state index contributed by atoms with van der Waals surface area (Å²) < 4.78 is 35.5. The molecule has 0 bridgehead atoms. The van der Waals surface area contributed by atoms with Gasteiger partial charge in [-0.3, -0.25) is 0 Å². The number of rotatable bonds is 6. The van der Waals surface area contributed by atoms with Gasteiger partial charge in [-0.1, -0.05) is 18.2 Å². The molecule has 0 aliphatic carbocycles. The second-order valence-corrected chi connectivity index (χ2v) is 5.29. The van der Waals surface area contributed by atoms with Crippen molar-refractivity contribution in [3.63, 3.8) is 0 Å². The first-order chi connectivity index (χ1) is 9.56. The molecule has 1 heterocycles. The zero-order chi connectivity index (χ0) is 14.5. The average Bonchev–Trinajstić information content (AvgIpc) is 2.82. The van der Waals surface area contributed by atoms with Crippen molar-refractivity contribution in [3.8, 4) is 5.75 Å². The number of ether oxygens (including phenoxy) is 1. The number of alkyl halides is 2. The number of hydrogen-bond acceptors (Lipinski definition) is 3. The Morgan fingerprint density at radius 2 is 2.00 bits per heavy atom. The van der Waals surface area contributed by atoms with Crippen LogP contribution in [0.1, 0.15) is 24.3 Å². The van der Waals surface area contributed by atoms with Gasteiger partial charge in [-0.05, 0) is 47.7 Å². The first-order valence-electron chi connectivity index (χ1n) is 6.07. The molecular formula is C14H14F2INO2. The number of hydrogen-bond donors (Lipinski definition) is 1. The van der Waals surface area contributed by atoms with Crippen LogP contribution in [0.4, 0.5) is 8.78 Å². The fraction of sp³-hybridized carbons (Fsp3) is 0.286. The molecule has 0 fully saturated rings. The Bertz CT molecular complexity index is 560. The van der Waals surface area contributed by atoms with Crippen LogP contribution in [0.15, 0.2) is 40.8 Å². The van der Waals surface area contributed by atoms with Crippen LogP contribution >= 0.6 is 22.6 Å². The molecule has 1 unspecified atom stereocenters. The molecule has 0 aliphatic heterocycles. The Kier molecular flexibility index (Phi) is 5.36. The van der Waals surface area contributed by atoms with Crippen LogP contribution in [-0.4, -0.2) is 6.61 Å². The highest BCUT2D eigenvalue weighted by atomic mass is 127. The molecule has 6 heteroatoms. The predicted octanol–water partition coefficient (Wildman–Crippen LogP) is 4.34. The van der Waals surface area contributed by atoms with E-state index in [1.54, 1.807) is 18.2 Å². The summed E-state index contributed by atoms with van der Waals surface area (Å²) in [6, 6.07) is 10.4. The smallest absolute Gasteiger partial charge is 0.387 e. The van der Waals surface area contributed by atoms with Crippen LogP contribution in [0.5, 0.6) is 5.75 Å². The van der Waals surface area contributed by atoms with E-state index in [4.69, 9.17) is 4.42 Å². The maximum Gasteiger partial charge on any atom is 0.387 e. The molecule has 2 aromatic rings. The van der Waals surface area contributed by atoms with Gasteiger partial charge >= 0.3 is 6.61 Å². The molecule has 3 nitrogen and oxygen atoms in total. The Morgan fingerprint density at radius 3 is 2.65 bits per heavy atom. The van der Waals surface area contributed by atoms with Crippen LogP contribution in [0.25, 0.3) is 0 Å². The summed E-state index contributed by atoms with van der Waals surface area (Å²) in [6.07, 6.45) is 0. The van der Waals surface area contributed by atoms with Crippen molar-refractivity contribution < 1.29 is 17.9 Å². The SMILES string of the molecule is CC(NCc1ccc(I)o1)c1ccccc1OC(F)F. The first-order valence-corrected chi connectivity index (χ1v) is 7.15. The van der Waals surface area contributed by atoms with Gasteiger partial charge in [-0.2, -0.15) is 8.78 Å². The van der Waals surface area contributed by atoms with Gasteiger partial charge in [0.2, 0.25) is 0 Å². The van der Waals surface area contributed by atoms with Crippen molar-refractivity contribution in [2.45, 2.75) is 26.1 Å². The van der Waals surface area contributed by atoms with Crippen molar-refractivity contribution in [2.75, 3.05) is 0 Å². The zero-order valence-electron chi connectivity index (χ0n) is 10.8. The van der Waals surface area contributed by atoms with Gasteiger partial charge in [0.1, 0.15) is 11.5 Å². The van der Waals surface area contributed by atoms with Crippen molar-refractivity contribution >= 4 is 22.6 Å². The quantitative estimate of drug-likeness (QED) is 0.742. The normalized spacial score (nSPS) is 12.7. The van der Waals surface area contributed by atoms with Crippen molar-refractivity contribution in [2.24, 2.45) is 0 Å². The molecule has 1 atom stereocenters. The average molecular weight is 393 g/mol. The van der Waals surface area contributed by atoms with E-state index in [-0.39, 0.29) is 11.8 Å². The van der Waals surface area contributed by atoms with Crippen LogP contribution in [-0.2, 0) is 6.54 Å². The largest absolute Gasteiger partial charge is 0.454 e. The highest BCUT2D eigenvalue weighted by Gasteiger charge is 2.14. The molecule has 0 saturated carbocycles. The fourth-order valence-corrected chi connectivity index (χ4v) is 2.31. The first kappa shape index (κ1) is 15.2. The predicted molar refractivity (Wildman–Crippen MR) is 79.8 cm³/mol. The lowest BCUT2D eigenvalue weighted by Crippen LogP contribution is -2.19. The van der Waals surface area contributed by atoms with Gasteiger partial charge in [0, 0.05) is 11.6 Å². The Morgan fingerprint density at radius 1 is 1.25 bits per heavy atom. The Balaban J connectivity index is 2.03. The lowest BCUT2D eigenvalue weighted by atomic mass is 10.1. The molecule has 108 valence electrons. The molecule has 0 aliphatic rings. The van der Waals surface area contributed by atoms with Crippen LogP contribution in [0.3, 0.4) is 0 Å². The van der Waals surface area contributed by atoms with E-state index in [2.05, 4.69) is 32.6 Å². The third-order valence-corrected chi connectivity index (χ3v) is 3.39. The van der Waals surface area contributed by atoms with E-state index in [1.165, 1.54) is 6.07 Å². The number of halogens is 3. The van der Waals surface area contributed by atoms with Gasteiger partial charge in [0.15, 0.2) is 3.77 Å². The van der Waals surface area contributed by atoms with E-state index in [9.17, 15) is 8.78 Å². The minimum atomic E-state index is -2.82. The molecule has 2 rings (SSSR count). The summed E-state index contributed by atoms with van der Waals surface area (Å²) in [4.78, 5) is 0. The van der Waals surface area contributed by atoms with E-state index < -0.39 is 6.61 Å². The maximum absolute atomic E-state index is 12.4. The van der Waals surface area contributed by atoms with Gasteiger partial charge in [0.25, 0.3) is 0 Å². The minimum absolute atomic E-state index is 0.132. The number of para-hydroxylation sites is 1. The van der Waals surface area contributed by atoms with E-state index in [0.717, 1.165) is 9.53 Å². The van der Waals surface area contributed by atoms with Gasteiger partial charge < -0.3 is 14.5 Å². The molecule has 0 saturated heterocycles. The highest BCUT2D eigenvalue weighted by molar-refractivity contribution is 14.1. The second-order valence-electron chi connectivity index (χ2n) is 4.22. The van der Waals surface area contributed by atoms with Crippen molar-refractivity contribution in [1.29, 1.82) is 0 Å². The number of benzene rings is 1. The molecular weight excluding hydrogens is 379 g/mol. The van der Waals surface area contributed by atoms with Crippen LogP contribution in [0, 0.1) is 3.77 Å². The van der Waals surface area contributed by atoms with E-state index in [1.807, 2.05) is 19.1 Å². The van der Waals surface area contributed by atoms with Crippen molar-refractivity contribution in [1.82, 2.24) is 5.32 Å². The summed E-state index contributed by atoms with van der Waals surface area (Å²) in [5.41, 5.74) is 0.689. The third-order valence-electron chi connectivity index (χ3n) is 2.81. The van der Waals surface area contributed by atoms with Gasteiger partial charge in [0.05, 0.1) is 6.54 Å². The third kappa shape index (κ3) is 4.17. The van der Waals surface area contributed by atoms with E-state index in [0.29, 0.717) is 12.1 Å². The fourth-order valence-electron chi connectivity index (χ4n) is 1.85. The van der Waals surface area contributed by atoms with E-state index >= 15 is 0 Å². The molecule has 1 N–H and O–H groups in total. The topological polar surface area (TPSA) is 34.4 Å². The Labute approximate surface area is 129 Å². The number of nitrogens with one attached hydrogen (secondary N) is 1. The minimum Gasteiger partial charge on any atom is -0.454 e. The lowest BCUT2D eigenvalue weighted by Gasteiger charge is -2.17. The molecule has 1 aromatic heterocycles. The Hall–Kier alpha value is -1.15. The van der Waals surface area contributed by atoms with Crippen LogP contribution in [0.2, 0.25) is 0 Å². The van der Waals surface area contributed by atoms with Crippen molar-refractivity contribution in [3.05, 3.63) is 51.5 Å². The van der Waals surface area contributed by atoms with Gasteiger partial charge in [-0.15, -0.1) is 0 Å². The van der Waals surface area contributed by atoms with Crippen LogP contribution < -0.4 is 10.1 Å². The lowest BCUT2D eigenvalue weighted by molar-refractivity contribution is -0.0506. The number of furan rings is 1. The maximum atomic E-state index is 12.4. The second kappa shape index (κ2) is 7.03. The molecule has 20 heavy (non-hydrogen) atoms. The van der Waals surface area contributed by atoms with Gasteiger partial charge in [-0.25, -0.2) is 0 Å². The molecule has 0 amide bonds.